The summed E-state index contributed by atoms with van der Waals surface area (Å²) >= 11 is 0. The maximum atomic E-state index is 12.9. The number of ether oxygens (including phenoxy) is 2. The van der Waals surface area contributed by atoms with Crippen LogP contribution < -0.4 is 0 Å². The second kappa shape index (κ2) is 12.5. The van der Waals surface area contributed by atoms with Gasteiger partial charge in [0, 0.05) is 0 Å². The van der Waals surface area contributed by atoms with Crippen molar-refractivity contribution in [2.45, 2.75) is 27.7 Å². The Bertz CT molecular complexity index is 1610. The monoisotopic (exact) mass is 592 g/mol. The number of hydrogen-bond donors (Lipinski definition) is 0. The number of methoxy groups -OCH3 is 2. The van der Waals surface area contributed by atoms with E-state index in [1.807, 2.05) is 0 Å². The molecule has 8 nitrogen and oxygen atoms in total. The Hall–Kier alpha value is -4.28. The molecule has 0 radical (unpaired) electrons. The highest BCUT2D eigenvalue weighted by molar-refractivity contribution is 7.91. The number of hydrogen-bond acceptors (Lipinski definition) is 8. The Balaban J connectivity index is 1.39. The van der Waals surface area contributed by atoms with Crippen molar-refractivity contribution < 1.29 is 35.9 Å². The molecule has 41 heavy (non-hydrogen) atoms. The van der Waals surface area contributed by atoms with Crippen LogP contribution in [-0.2, 0) is 47.1 Å². The topological polar surface area (TPSA) is 121 Å². The average molecular weight is 593 g/mol. The third-order valence-electron chi connectivity index (χ3n) is 6.44. The first-order valence-electron chi connectivity index (χ1n) is 12.5. The van der Waals surface area contributed by atoms with Crippen LogP contribution in [0.1, 0.15) is 43.0 Å². The molecule has 0 aromatic heterocycles. The van der Waals surface area contributed by atoms with Crippen LogP contribution in [0.2, 0.25) is 0 Å². The van der Waals surface area contributed by atoms with E-state index in [2.05, 4.69) is 9.47 Å². The van der Waals surface area contributed by atoms with Gasteiger partial charge in [0.25, 0.3) is 0 Å². The number of sulfone groups is 2. The lowest BCUT2D eigenvalue weighted by Gasteiger charge is -2.09. The molecule has 0 spiro atoms. The second-order valence-electron chi connectivity index (χ2n) is 9.36. The Morgan fingerprint density at radius 1 is 0.488 bits per heavy atom. The van der Waals surface area contributed by atoms with Gasteiger partial charge in [-0.25, -0.2) is 26.4 Å². The van der Waals surface area contributed by atoms with E-state index in [0.717, 1.165) is 11.1 Å². The van der Waals surface area contributed by atoms with Gasteiger partial charge in [-0.05, 0) is 77.2 Å². The molecular weight excluding hydrogens is 564 g/mol. The molecule has 0 amide bonds. The van der Waals surface area contributed by atoms with E-state index in [4.69, 9.17) is 0 Å². The predicted octanol–water partition coefficient (Wildman–Crippen LogP) is 4.80. The molecule has 0 unspecified atom stereocenters. The second-order valence-corrected chi connectivity index (χ2v) is 13.3. The predicted molar refractivity (Wildman–Crippen MR) is 153 cm³/mol. The average Bonchev–Trinajstić information content (AvgIpc) is 2.97. The van der Waals surface area contributed by atoms with Gasteiger partial charge in [0.2, 0.25) is 0 Å². The molecule has 0 atom stereocenters. The fourth-order valence-corrected chi connectivity index (χ4v) is 6.88. The van der Waals surface area contributed by atoms with Crippen molar-refractivity contribution >= 4 is 31.6 Å². The minimum absolute atomic E-state index is 0.180. The maximum absolute atomic E-state index is 12.9. The highest BCUT2D eigenvalue weighted by atomic mass is 32.2. The summed E-state index contributed by atoms with van der Waals surface area (Å²) in [5.74, 6) is -1.40. The zero-order valence-electron chi connectivity index (χ0n) is 22.4. The first kappa shape index (κ1) is 29.7. The lowest BCUT2D eigenvalue weighted by atomic mass is 10.1. The van der Waals surface area contributed by atoms with Crippen molar-refractivity contribution in [1.82, 2.24) is 0 Å². The van der Waals surface area contributed by atoms with Crippen LogP contribution in [0.25, 0.3) is 0 Å². The highest BCUT2D eigenvalue weighted by Gasteiger charge is 2.18. The molecule has 4 rings (SSSR count). The normalized spacial score (nSPS) is 11.6. The minimum atomic E-state index is -3.60. The van der Waals surface area contributed by atoms with Crippen LogP contribution in [0.3, 0.4) is 0 Å². The first-order valence-corrected chi connectivity index (χ1v) is 15.8. The van der Waals surface area contributed by atoms with Crippen LogP contribution in [0, 0.1) is 0 Å². The molecule has 0 aliphatic carbocycles. The van der Waals surface area contributed by atoms with Gasteiger partial charge in [-0.2, -0.15) is 0 Å². The summed E-state index contributed by atoms with van der Waals surface area (Å²) in [7, 11) is -4.65. The minimum Gasteiger partial charge on any atom is -0.465 e. The van der Waals surface area contributed by atoms with Crippen molar-refractivity contribution in [1.29, 1.82) is 0 Å². The van der Waals surface area contributed by atoms with E-state index < -0.39 is 31.6 Å². The molecule has 212 valence electrons. The summed E-state index contributed by atoms with van der Waals surface area (Å²) in [6, 6.07) is 25.6. The van der Waals surface area contributed by atoms with E-state index >= 15 is 0 Å². The summed E-state index contributed by atoms with van der Waals surface area (Å²) < 4.78 is 60.9. The number of benzene rings is 4. The lowest BCUT2D eigenvalue weighted by Crippen LogP contribution is -2.06. The van der Waals surface area contributed by atoms with Crippen molar-refractivity contribution in [3.8, 4) is 0 Å². The highest BCUT2D eigenvalue weighted by Crippen LogP contribution is 2.22. The van der Waals surface area contributed by atoms with E-state index in [-0.39, 0.29) is 21.3 Å². The lowest BCUT2D eigenvalue weighted by molar-refractivity contribution is 0.0592. The quantitative estimate of drug-likeness (QED) is 0.241. The van der Waals surface area contributed by atoms with Gasteiger partial charge in [-0.1, -0.05) is 48.5 Å². The molecule has 0 bridgehead atoms. The summed E-state index contributed by atoms with van der Waals surface area (Å²) in [5.41, 5.74) is 3.52. The number of carbonyl (C=O) groups excluding carboxylic acids is 2. The van der Waals surface area contributed by atoms with Crippen molar-refractivity contribution in [3.05, 3.63) is 130 Å². The molecule has 0 saturated heterocycles. The molecule has 0 saturated carbocycles. The van der Waals surface area contributed by atoms with Crippen molar-refractivity contribution in [2.75, 3.05) is 14.2 Å². The Labute approximate surface area is 239 Å². The van der Waals surface area contributed by atoms with Gasteiger partial charge in [-0.15, -0.1) is 0 Å². The van der Waals surface area contributed by atoms with Crippen LogP contribution in [-0.4, -0.2) is 43.0 Å². The fourth-order valence-electron chi connectivity index (χ4n) is 4.18. The van der Waals surface area contributed by atoms with Crippen molar-refractivity contribution in [2.24, 2.45) is 0 Å². The van der Waals surface area contributed by atoms with E-state index in [9.17, 15) is 26.4 Å². The zero-order valence-corrected chi connectivity index (χ0v) is 24.1. The summed E-state index contributed by atoms with van der Waals surface area (Å²) in [6.45, 7) is 0. The molecule has 0 aliphatic heterocycles. The number of carbonyl (C=O) groups is 2. The molecule has 0 heterocycles. The smallest absolute Gasteiger partial charge is 0.337 e. The van der Waals surface area contributed by atoms with Crippen LogP contribution >= 0.6 is 0 Å². The molecular formula is C31H28O8S2. The van der Waals surface area contributed by atoms with Crippen LogP contribution in [0.4, 0.5) is 0 Å². The molecule has 0 aliphatic rings. The molecule has 0 fully saturated rings. The fraction of sp³-hybridized carbons (Fsp3) is 0.161. The molecule has 10 heteroatoms. The van der Waals surface area contributed by atoms with Gasteiger partial charge in [0.15, 0.2) is 19.7 Å². The third kappa shape index (κ3) is 7.47. The van der Waals surface area contributed by atoms with Crippen LogP contribution in [0.15, 0.2) is 107 Å². The Morgan fingerprint density at radius 2 is 0.780 bits per heavy atom. The van der Waals surface area contributed by atoms with Gasteiger partial charge in [0.1, 0.15) is 0 Å². The van der Waals surface area contributed by atoms with E-state index in [1.165, 1.54) is 38.5 Å². The van der Waals surface area contributed by atoms with Gasteiger partial charge < -0.3 is 9.47 Å². The summed E-state index contributed by atoms with van der Waals surface area (Å²) in [4.78, 5) is 23.5. The number of rotatable bonds is 10. The third-order valence-corrected chi connectivity index (χ3v) is 9.84. The molecule has 0 N–H and O–H groups in total. The van der Waals surface area contributed by atoms with Gasteiger partial charge in [-0.3, -0.25) is 0 Å². The molecule has 4 aromatic rings. The first-order chi connectivity index (χ1) is 19.5. The maximum Gasteiger partial charge on any atom is 0.337 e. The summed E-state index contributed by atoms with van der Waals surface area (Å²) in [5, 5.41) is 0. The van der Waals surface area contributed by atoms with E-state index in [1.54, 1.807) is 72.8 Å². The van der Waals surface area contributed by atoms with Crippen LogP contribution in [0.5, 0.6) is 0 Å². The molecule has 4 aromatic carbocycles. The Morgan fingerprint density at radius 3 is 1.07 bits per heavy atom. The van der Waals surface area contributed by atoms with E-state index in [0.29, 0.717) is 28.7 Å². The zero-order chi connectivity index (χ0) is 29.6. The van der Waals surface area contributed by atoms with Crippen molar-refractivity contribution in [3.63, 3.8) is 0 Å². The Kier molecular flexibility index (Phi) is 9.05. The van der Waals surface area contributed by atoms with Gasteiger partial charge >= 0.3 is 11.9 Å². The standard InChI is InChI=1S/C31H28O8S2/c1-38-30(32)26-11-3-24(4-12-26)20-40(34,35)28-15-7-22(8-16-28)19-23-9-17-29(18-10-23)41(36,37)21-25-5-13-27(14-6-25)31(33)39-2/h3-18H,19-21H2,1-2H3. The van der Waals surface area contributed by atoms with Gasteiger partial charge in [0.05, 0.1) is 46.6 Å². The SMILES string of the molecule is COC(=O)c1ccc(CS(=O)(=O)c2ccc(Cc3ccc(S(=O)(=O)Cc4ccc(C(=O)OC)cc4)cc3)cc2)cc1. The number of esters is 2. The largest absolute Gasteiger partial charge is 0.465 e. The summed E-state index contributed by atoms with van der Waals surface area (Å²) in [6.07, 6.45) is 0.491.